The summed E-state index contributed by atoms with van der Waals surface area (Å²) >= 11 is 0. The van der Waals surface area contributed by atoms with Gasteiger partial charge in [-0.3, -0.25) is 10.1 Å². The van der Waals surface area contributed by atoms with Crippen LogP contribution in [0.15, 0.2) is 24.0 Å². The van der Waals surface area contributed by atoms with E-state index in [0.717, 1.165) is 0 Å². The quantitative estimate of drug-likeness (QED) is 0.472. The number of hydrogen-bond donors (Lipinski definition) is 2. The fourth-order valence-electron chi connectivity index (χ4n) is 1.84. The van der Waals surface area contributed by atoms with Gasteiger partial charge in [-0.25, -0.2) is 4.79 Å². The van der Waals surface area contributed by atoms with Gasteiger partial charge < -0.3 is 10.1 Å². The summed E-state index contributed by atoms with van der Waals surface area (Å²) in [5.41, 5.74) is -0.445. The van der Waals surface area contributed by atoms with Crippen molar-refractivity contribution in [3.63, 3.8) is 0 Å². The van der Waals surface area contributed by atoms with E-state index < -0.39 is 11.7 Å². The molecule has 0 radical (unpaired) electrons. The fourth-order valence-corrected chi connectivity index (χ4v) is 1.84. The van der Waals surface area contributed by atoms with Gasteiger partial charge in [-0.1, -0.05) is 38.5 Å². The van der Waals surface area contributed by atoms with Gasteiger partial charge in [0.2, 0.25) is 0 Å². The Morgan fingerprint density at radius 2 is 1.55 bits per heavy atom. The van der Waals surface area contributed by atoms with Crippen LogP contribution in [0.2, 0.25) is 0 Å². The van der Waals surface area contributed by atoms with Gasteiger partial charge in [-0.2, -0.15) is 0 Å². The van der Waals surface area contributed by atoms with Crippen molar-refractivity contribution in [1.29, 1.82) is 0 Å². The Hall–Kier alpha value is -1.78. The molecule has 0 unspecified atom stereocenters. The maximum Gasteiger partial charge on any atom is 0.412 e. The number of nitrogens with one attached hydrogen (secondary N) is 2. The molecule has 0 heterocycles. The number of rotatable bonds is 4. The van der Waals surface area contributed by atoms with Crippen LogP contribution in [0.25, 0.3) is 0 Å². The zero-order valence-electron chi connectivity index (χ0n) is 14.3. The molecule has 0 aliphatic heterocycles. The molecule has 1 aliphatic carbocycles. The molecule has 1 fully saturated rings. The molecule has 5 heteroatoms. The Kier molecular flexibility index (Phi) is 10.9. The van der Waals surface area contributed by atoms with E-state index in [-0.39, 0.29) is 5.70 Å². The SMILES string of the molecule is C1CCCCC1.CN/C=C\C=C(/C=O)NC(=O)OC(C)(C)C. The summed E-state index contributed by atoms with van der Waals surface area (Å²) in [6.45, 7) is 5.24. The van der Waals surface area contributed by atoms with E-state index in [4.69, 9.17) is 4.74 Å². The summed E-state index contributed by atoms with van der Waals surface area (Å²) in [6.07, 6.45) is 13.6. The van der Waals surface area contributed by atoms with Crippen molar-refractivity contribution in [2.45, 2.75) is 64.9 Å². The molecule has 1 amide bonds. The van der Waals surface area contributed by atoms with E-state index >= 15 is 0 Å². The maximum atomic E-state index is 11.3. The lowest BCUT2D eigenvalue weighted by Crippen LogP contribution is -2.32. The largest absolute Gasteiger partial charge is 0.444 e. The van der Waals surface area contributed by atoms with Crippen molar-refractivity contribution in [3.05, 3.63) is 24.0 Å². The second-order valence-corrected chi connectivity index (χ2v) is 6.14. The van der Waals surface area contributed by atoms with Crippen molar-refractivity contribution >= 4 is 12.4 Å². The van der Waals surface area contributed by atoms with Crippen molar-refractivity contribution < 1.29 is 14.3 Å². The standard InChI is InChI=1S/C11H18N2O3.C6H12/c1-11(2,3)16-10(15)13-9(8-14)6-5-7-12-4;1-2-4-6-5-3-1/h5-8,12H,1-4H3,(H,13,15);1-6H2/b7-5-,9-6+;. The summed E-state index contributed by atoms with van der Waals surface area (Å²) in [4.78, 5) is 21.9. The van der Waals surface area contributed by atoms with Gasteiger partial charge in [-0.15, -0.1) is 0 Å². The molecule has 1 aliphatic rings. The second-order valence-electron chi connectivity index (χ2n) is 6.14. The van der Waals surface area contributed by atoms with Gasteiger partial charge in [-0.05, 0) is 39.1 Å². The van der Waals surface area contributed by atoms with Crippen LogP contribution >= 0.6 is 0 Å². The second kappa shape index (κ2) is 11.8. The molecule has 2 N–H and O–H groups in total. The van der Waals surface area contributed by atoms with Crippen LogP contribution < -0.4 is 10.6 Å². The topological polar surface area (TPSA) is 67.4 Å². The minimum atomic E-state index is -0.649. The Labute approximate surface area is 134 Å². The number of alkyl carbamates (subject to hydrolysis) is 1. The number of carbonyl (C=O) groups is 2. The maximum absolute atomic E-state index is 11.3. The van der Waals surface area contributed by atoms with Crippen molar-refractivity contribution in [3.8, 4) is 0 Å². The number of allylic oxidation sites excluding steroid dienone is 3. The van der Waals surface area contributed by atoms with E-state index in [1.807, 2.05) is 0 Å². The van der Waals surface area contributed by atoms with Gasteiger partial charge in [0.15, 0.2) is 6.29 Å². The first-order valence-electron chi connectivity index (χ1n) is 7.88. The van der Waals surface area contributed by atoms with Crippen molar-refractivity contribution in [1.82, 2.24) is 10.6 Å². The van der Waals surface area contributed by atoms with E-state index in [9.17, 15) is 9.59 Å². The summed E-state index contributed by atoms with van der Waals surface area (Å²) in [6, 6.07) is 0. The van der Waals surface area contributed by atoms with Crippen LogP contribution in [-0.4, -0.2) is 25.0 Å². The van der Waals surface area contributed by atoms with Crippen LogP contribution in [0.3, 0.4) is 0 Å². The Morgan fingerprint density at radius 3 is 1.91 bits per heavy atom. The number of amides is 1. The molecule has 0 aromatic carbocycles. The lowest BCUT2D eigenvalue weighted by Gasteiger charge is -2.19. The minimum absolute atomic E-state index is 0.140. The first-order valence-corrected chi connectivity index (χ1v) is 7.88. The molecule has 126 valence electrons. The molecule has 1 rings (SSSR count). The Balaban J connectivity index is 0.000000604. The van der Waals surface area contributed by atoms with E-state index in [2.05, 4.69) is 10.6 Å². The number of carbonyl (C=O) groups excluding carboxylic acids is 2. The number of ether oxygens (including phenoxy) is 1. The molecule has 0 aromatic heterocycles. The predicted molar refractivity (Wildman–Crippen MR) is 89.4 cm³/mol. The van der Waals surface area contributed by atoms with E-state index in [1.165, 1.54) is 44.6 Å². The van der Waals surface area contributed by atoms with Crippen LogP contribution in [-0.2, 0) is 9.53 Å². The Morgan fingerprint density at radius 1 is 1.05 bits per heavy atom. The molecule has 0 spiro atoms. The molecule has 22 heavy (non-hydrogen) atoms. The molecule has 0 aromatic rings. The first kappa shape index (κ1) is 20.2. The van der Waals surface area contributed by atoms with E-state index in [1.54, 1.807) is 40.1 Å². The lowest BCUT2D eigenvalue weighted by molar-refractivity contribution is -0.105. The van der Waals surface area contributed by atoms with Gasteiger partial charge in [0.05, 0.1) is 5.70 Å². The van der Waals surface area contributed by atoms with Gasteiger partial charge in [0, 0.05) is 7.05 Å². The number of aldehydes is 1. The summed E-state index contributed by atoms with van der Waals surface area (Å²) in [7, 11) is 1.73. The van der Waals surface area contributed by atoms with Gasteiger partial charge >= 0.3 is 6.09 Å². The molecule has 0 saturated heterocycles. The number of hydrogen-bond acceptors (Lipinski definition) is 4. The lowest BCUT2D eigenvalue weighted by atomic mass is 10.0. The highest BCUT2D eigenvalue weighted by Crippen LogP contribution is 2.15. The average molecular weight is 310 g/mol. The third-order valence-corrected chi connectivity index (χ3v) is 2.81. The van der Waals surface area contributed by atoms with Crippen LogP contribution in [0.1, 0.15) is 59.3 Å². The molecule has 0 bridgehead atoms. The minimum Gasteiger partial charge on any atom is -0.444 e. The molecular weight excluding hydrogens is 280 g/mol. The fraction of sp³-hybridized carbons (Fsp3) is 0.647. The molecule has 1 saturated carbocycles. The van der Waals surface area contributed by atoms with E-state index in [0.29, 0.717) is 6.29 Å². The predicted octanol–water partition coefficient (Wildman–Crippen LogP) is 3.67. The highest BCUT2D eigenvalue weighted by Gasteiger charge is 2.16. The smallest absolute Gasteiger partial charge is 0.412 e. The van der Waals surface area contributed by atoms with Crippen LogP contribution in [0.4, 0.5) is 4.79 Å². The third-order valence-electron chi connectivity index (χ3n) is 2.81. The monoisotopic (exact) mass is 310 g/mol. The normalized spacial score (nSPS) is 15.5. The Bertz CT molecular complexity index is 366. The van der Waals surface area contributed by atoms with Crippen molar-refractivity contribution in [2.75, 3.05) is 7.05 Å². The zero-order chi connectivity index (χ0) is 16.8. The summed E-state index contributed by atoms with van der Waals surface area (Å²) < 4.78 is 4.99. The molecular formula is C17H30N2O3. The van der Waals surface area contributed by atoms with Gasteiger partial charge in [0.25, 0.3) is 0 Å². The van der Waals surface area contributed by atoms with Crippen LogP contribution in [0.5, 0.6) is 0 Å². The van der Waals surface area contributed by atoms with Crippen molar-refractivity contribution in [2.24, 2.45) is 0 Å². The highest BCUT2D eigenvalue weighted by atomic mass is 16.6. The first-order chi connectivity index (χ1) is 10.4. The van der Waals surface area contributed by atoms with Gasteiger partial charge in [0.1, 0.15) is 5.60 Å². The van der Waals surface area contributed by atoms with Crippen LogP contribution in [0, 0.1) is 0 Å². The molecule has 5 nitrogen and oxygen atoms in total. The average Bonchev–Trinajstić information content (AvgIpc) is 2.47. The molecule has 0 atom stereocenters. The summed E-state index contributed by atoms with van der Waals surface area (Å²) in [5.74, 6) is 0. The summed E-state index contributed by atoms with van der Waals surface area (Å²) in [5, 5.41) is 5.09. The third kappa shape index (κ3) is 13.2. The highest BCUT2D eigenvalue weighted by molar-refractivity contribution is 5.82. The zero-order valence-corrected chi connectivity index (χ0v) is 14.3.